The molecule has 6 nitrogen and oxygen atoms in total. The zero-order valence-electron chi connectivity index (χ0n) is 16.2. The summed E-state index contributed by atoms with van der Waals surface area (Å²) in [7, 11) is 0. The van der Waals surface area contributed by atoms with Gasteiger partial charge in [-0.1, -0.05) is 0 Å². The van der Waals surface area contributed by atoms with Crippen molar-refractivity contribution in [3.8, 4) is 11.5 Å². The highest BCUT2D eigenvalue weighted by Gasteiger charge is 2.19. The molecule has 2 aromatic carbocycles. The van der Waals surface area contributed by atoms with Crippen LogP contribution in [0.25, 0.3) is 0 Å². The molecular weight excluding hydrogens is 418 g/mol. The number of aromatic nitrogens is 2. The largest absolute Gasteiger partial charge is 0.431 e. The molecule has 162 valence electrons. The highest BCUT2D eigenvalue weighted by atomic mass is 19.3. The Morgan fingerprint density at radius 2 is 1.48 bits per heavy atom. The molecule has 0 N–H and O–H groups in total. The Morgan fingerprint density at radius 3 is 2.06 bits per heavy atom. The lowest BCUT2D eigenvalue weighted by Crippen LogP contribution is -2.17. The first kappa shape index (κ1) is 22.0. The number of rotatable bonds is 9. The van der Waals surface area contributed by atoms with Crippen molar-refractivity contribution in [2.24, 2.45) is 0 Å². The van der Waals surface area contributed by atoms with E-state index in [1.54, 1.807) is 41.6 Å². The highest BCUT2D eigenvalue weighted by Crippen LogP contribution is 2.37. The summed E-state index contributed by atoms with van der Waals surface area (Å²) in [6, 6.07) is 10.3. The number of ether oxygens (including phenoxy) is 2. The number of carbonyl (C=O) groups is 1. The summed E-state index contributed by atoms with van der Waals surface area (Å²) >= 11 is 0. The second-order valence-corrected chi connectivity index (χ2v) is 6.32. The van der Waals surface area contributed by atoms with Crippen molar-refractivity contribution in [2.75, 3.05) is 4.90 Å². The first-order valence-electron chi connectivity index (χ1n) is 8.99. The van der Waals surface area contributed by atoms with Crippen LogP contribution in [0.4, 0.5) is 28.9 Å². The number of Topliss-reactive ketones (excluding diaryl/α,β-unsaturated/α-hetero) is 1. The predicted octanol–water partition coefficient (Wildman–Crippen LogP) is 5.22. The standard InChI is InChI=1S/C21H17F4N3O3/c1-13(29)15-2-4-16(5-3-15)28(11-14-9-26-12-27-10-14)17-6-7-18(30-20(22)23)19(8-17)31-21(24)25/h2-10,12,20-21H,11H2,1H3. The minimum Gasteiger partial charge on any atom is -0.431 e. The van der Waals surface area contributed by atoms with Gasteiger partial charge in [0.1, 0.15) is 6.33 Å². The molecule has 0 bridgehead atoms. The van der Waals surface area contributed by atoms with E-state index in [4.69, 9.17) is 0 Å². The van der Waals surface area contributed by atoms with Crippen LogP contribution in [0.1, 0.15) is 22.8 Å². The maximum absolute atomic E-state index is 12.8. The van der Waals surface area contributed by atoms with E-state index in [2.05, 4.69) is 19.4 Å². The summed E-state index contributed by atoms with van der Waals surface area (Å²) in [4.78, 5) is 21.2. The van der Waals surface area contributed by atoms with Crippen LogP contribution in [0, 0.1) is 0 Å². The molecule has 0 aliphatic carbocycles. The van der Waals surface area contributed by atoms with Gasteiger partial charge in [0.05, 0.1) is 6.54 Å². The monoisotopic (exact) mass is 435 g/mol. The molecule has 0 radical (unpaired) electrons. The number of alkyl halides is 4. The SMILES string of the molecule is CC(=O)c1ccc(N(Cc2cncnc2)c2ccc(OC(F)F)c(OC(F)F)c2)cc1. The van der Waals surface area contributed by atoms with Crippen molar-refractivity contribution in [2.45, 2.75) is 26.7 Å². The summed E-state index contributed by atoms with van der Waals surface area (Å²) in [5.74, 6) is -1.17. The molecule has 0 saturated heterocycles. The van der Waals surface area contributed by atoms with E-state index in [-0.39, 0.29) is 12.3 Å². The first-order valence-corrected chi connectivity index (χ1v) is 8.99. The van der Waals surface area contributed by atoms with Gasteiger partial charge in [-0.25, -0.2) is 9.97 Å². The van der Waals surface area contributed by atoms with Crippen LogP contribution < -0.4 is 14.4 Å². The maximum Gasteiger partial charge on any atom is 0.387 e. The van der Waals surface area contributed by atoms with Crippen molar-refractivity contribution in [3.63, 3.8) is 0 Å². The topological polar surface area (TPSA) is 64.6 Å². The average Bonchev–Trinajstić information content (AvgIpc) is 2.73. The van der Waals surface area contributed by atoms with E-state index in [1.807, 2.05) is 0 Å². The number of nitrogens with zero attached hydrogens (tertiary/aromatic N) is 3. The van der Waals surface area contributed by atoms with Gasteiger partial charge in [-0.15, -0.1) is 0 Å². The van der Waals surface area contributed by atoms with Crippen LogP contribution in [0.3, 0.4) is 0 Å². The third kappa shape index (κ3) is 5.91. The van der Waals surface area contributed by atoms with Crippen LogP contribution in [0.5, 0.6) is 11.5 Å². The van der Waals surface area contributed by atoms with Gasteiger partial charge >= 0.3 is 13.2 Å². The lowest BCUT2D eigenvalue weighted by molar-refractivity contribution is -0.0692. The zero-order valence-corrected chi connectivity index (χ0v) is 16.2. The highest BCUT2D eigenvalue weighted by molar-refractivity contribution is 5.94. The van der Waals surface area contributed by atoms with Crippen molar-refractivity contribution >= 4 is 17.2 Å². The quantitative estimate of drug-likeness (QED) is 0.339. The Balaban J connectivity index is 2.04. The molecule has 0 fully saturated rings. The zero-order chi connectivity index (χ0) is 22.4. The fraction of sp³-hybridized carbons (Fsp3) is 0.190. The molecule has 1 heterocycles. The fourth-order valence-electron chi connectivity index (χ4n) is 2.85. The normalized spacial score (nSPS) is 10.9. The Hall–Kier alpha value is -3.69. The summed E-state index contributed by atoms with van der Waals surface area (Å²) in [6.45, 7) is -4.78. The van der Waals surface area contributed by atoms with Gasteiger partial charge in [0.25, 0.3) is 0 Å². The van der Waals surface area contributed by atoms with E-state index >= 15 is 0 Å². The van der Waals surface area contributed by atoms with E-state index in [0.717, 1.165) is 6.07 Å². The van der Waals surface area contributed by atoms with Gasteiger partial charge in [0.15, 0.2) is 17.3 Å². The Kier molecular flexibility index (Phi) is 7.01. The molecule has 0 spiro atoms. The number of hydrogen-bond acceptors (Lipinski definition) is 6. The lowest BCUT2D eigenvalue weighted by Gasteiger charge is -2.26. The minimum absolute atomic E-state index is 0.115. The second kappa shape index (κ2) is 9.88. The number of ketones is 1. The molecule has 0 unspecified atom stereocenters. The number of benzene rings is 2. The molecule has 1 aromatic heterocycles. The molecule has 3 rings (SSSR count). The van der Waals surface area contributed by atoms with Gasteiger partial charge in [0.2, 0.25) is 0 Å². The van der Waals surface area contributed by atoms with Gasteiger partial charge in [0, 0.05) is 41.0 Å². The van der Waals surface area contributed by atoms with Crippen molar-refractivity contribution in [3.05, 3.63) is 72.3 Å². The Labute approximate surface area is 175 Å². The molecule has 31 heavy (non-hydrogen) atoms. The van der Waals surface area contributed by atoms with Crippen molar-refractivity contribution in [1.29, 1.82) is 0 Å². The number of anilines is 2. The fourth-order valence-corrected chi connectivity index (χ4v) is 2.85. The minimum atomic E-state index is -3.24. The molecule has 10 heteroatoms. The van der Waals surface area contributed by atoms with Crippen LogP contribution in [-0.2, 0) is 6.54 Å². The van der Waals surface area contributed by atoms with Crippen molar-refractivity contribution in [1.82, 2.24) is 9.97 Å². The molecule has 0 aliphatic rings. The van der Waals surface area contributed by atoms with Gasteiger partial charge in [-0.3, -0.25) is 4.79 Å². The van der Waals surface area contributed by atoms with Crippen molar-refractivity contribution < 1.29 is 31.8 Å². The number of halogens is 4. The second-order valence-electron chi connectivity index (χ2n) is 6.32. The van der Waals surface area contributed by atoms with E-state index < -0.39 is 24.7 Å². The molecule has 0 aliphatic heterocycles. The summed E-state index contributed by atoms with van der Waals surface area (Å²) in [6.07, 6.45) is 4.52. The smallest absolute Gasteiger partial charge is 0.387 e. The van der Waals surface area contributed by atoms with E-state index in [0.29, 0.717) is 22.5 Å². The van der Waals surface area contributed by atoms with Gasteiger partial charge < -0.3 is 14.4 Å². The van der Waals surface area contributed by atoms with Gasteiger partial charge in [-0.2, -0.15) is 17.6 Å². The first-order chi connectivity index (χ1) is 14.8. The van der Waals surface area contributed by atoms with E-state index in [1.165, 1.54) is 25.4 Å². The average molecular weight is 435 g/mol. The molecular formula is C21H17F4N3O3. The van der Waals surface area contributed by atoms with Crippen LogP contribution in [0.15, 0.2) is 61.2 Å². The summed E-state index contributed by atoms with van der Waals surface area (Å²) in [5.41, 5.74) is 2.16. The Morgan fingerprint density at radius 1 is 0.903 bits per heavy atom. The van der Waals surface area contributed by atoms with Crippen LogP contribution in [-0.4, -0.2) is 29.0 Å². The van der Waals surface area contributed by atoms with E-state index in [9.17, 15) is 22.4 Å². The van der Waals surface area contributed by atoms with Crippen LogP contribution in [0.2, 0.25) is 0 Å². The number of carbonyl (C=O) groups excluding carboxylic acids is 1. The third-order valence-corrected chi connectivity index (χ3v) is 4.21. The van der Waals surface area contributed by atoms with Crippen LogP contribution >= 0.6 is 0 Å². The lowest BCUT2D eigenvalue weighted by atomic mass is 10.1. The molecule has 0 atom stereocenters. The molecule has 0 saturated carbocycles. The molecule has 3 aromatic rings. The van der Waals surface area contributed by atoms with Gasteiger partial charge in [-0.05, 0) is 43.3 Å². The predicted molar refractivity (Wildman–Crippen MR) is 104 cm³/mol. The summed E-state index contributed by atoms with van der Waals surface area (Å²) < 4.78 is 59.6. The molecule has 0 amide bonds. The number of hydrogen-bond donors (Lipinski definition) is 0. The summed E-state index contributed by atoms with van der Waals surface area (Å²) in [5, 5.41) is 0. The maximum atomic E-state index is 12.8. The Bertz CT molecular complexity index is 1020. The third-order valence-electron chi connectivity index (χ3n) is 4.21.